The van der Waals surface area contributed by atoms with Gasteiger partial charge < -0.3 is 14.4 Å². The summed E-state index contributed by atoms with van der Waals surface area (Å²) in [5.74, 6) is 3.49. The van der Waals surface area contributed by atoms with Crippen molar-refractivity contribution in [1.82, 2.24) is 4.90 Å². The number of amides is 1. The molecule has 3 aliphatic carbocycles. The Bertz CT molecular complexity index is 434. The van der Waals surface area contributed by atoms with Gasteiger partial charge >= 0.3 is 6.09 Å². The molecule has 4 fully saturated rings. The molecule has 0 aromatic rings. The first kappa shape index (κ1) is 15.7. The number of nitrogens with zero attached hydrogens (tertiary/aromatic N) is 1. The molecule has 0 aromatic carbocycles. The van der Waals surface area contributed by atoms with Crippen LogP contribution in [0.5, 0.6) is 0 Å². The van der Waals surface area contributed by atoms with Gasteiger partial charge in [0.15, 0.2) is 0 Å². The van der Waals surface area contributed by atoms with Gasteiger partial charge in [0.25, 0.3) is 0 Å². The predicted octanol–water partition coefficient (Wildman–Crippen LogP) is 4.19. The van der Waals surface area contributed by atoms with Crippen LogP contribution in [0.15, 0.2) is 0 Å². The molecule has 0 aromatic heterocycles. The first-order valence-corrected chi connectivity index (χ1v) is 9.87. The lowest BCUT2D eigenvalue weighted by atomic mass is 9.80. The number of piperidine rings is 1. The molecule has 4 rings (SSSR count). The molecule has 6 atom stereocenters. The molecule has 0 spiro atoms. The van der Waals surface area contributed by atoms with Gasteiger partial charge in [-0.05, 0) is 68.6 Å². The van der Waals surface area contributed by atoms with E-state index in [4.69, 9.17) is 9.47 Å². The fourth-order valence-corrected chi connectivity index (χ4v) is 5.83. The Morgan fingerprint density at radius 2 is 1.83 bits per heavy atom. The van der Waals surface area contributed by atoms with Gasteiger partial charge in [0.05, 0.1) is 6.10 Å². The van der Waals surface area contributed by atoms with Crippen molar-refractivity contribution < 1.29 is 14.3 Å². The SMILES string of the molecule is CCC(OC(=O)N1CCCCC1)OC1CC2CC1C1CCCC21. The molecular formula is C19H31NO3. The molecule has 6 unspecified atom stereocenters. The lowest BCUT2D eigenvalue weighted by Gasteiger charge is -2.34. The Kier molecular flexibility index (Phi) is 4.53. The molecule has 2 bridgehead atoms. The van der Waals surface area contributed by atoms with Crippen molar-refractivity contribution in [2.24, 2.45) is 23.7 Å². The third kappa shape index (κ3) is 2.99. The lowest BCUT2D eigenvalue weighted by molar-refractivity contribution is -0.163. The van der Waals surface area contributed by atoms with E-state index in [1.54, 1.807) is 0 Å². The third-order valence-electron chi connectivity index (χ3n) is 6.87. The standard InChI is InChI=1S/C19H31NO3/c1-2-18(23-19(21)20-9-4-3-5-10-20)22-17-12-13-11-16(17)15-8-6-7-14(13)15/h13-18H,2-12H2,1H3. The molecule has 1 heterocycles. The van der Waals surface area contributed by atoms with Crippen molar-refractivity contribution in [3.63, 3.8) is 0 Å². The molecule has 4 aliphatic rings. The zero-order valence-electron chi connectivity index (χ0n) is 14.4. The minimum Gasteiger partial charge on any atom is -0.419 e. The van der Waals surface area contributed by atoms with E-state index in [1.165, 1.54) is 38.5 Å². The number of rotatable bonds is 4. The van der Waals surface area contributed by atoms with Gasteiger partial charge in [-0.3, -0.25) is 0 Å². The largest absolute Gasteiger partial charge is 0.419 e. The smallest absolute Gasteiger partial charge is 0.412 e. The maximum atomic E-state index is 12.3. The fraction of sp³-hybridized carbons (Fsp3) is 0.947. The highest BCUT2D eigenvalue weighted by atomic mass is 16.7. The second-order valence-corrected chi connectivity index (χ2v) is 8.10. The minimum absolute atomic E-state index is 0.168. The molecule has 130 valence electrons. The summed E-state index contributed by atoms with van der Waals surface area (Å²) in [6.45, 7) is 3.74. The number of hydrogen-bond acceptors (Lipinski definition) is 3. The van der Waals surface area contributed by atoms with Crippen LogP contribution < -0.4 is 0 Å². The van der Waals surface area contributed by atoms with Gasteiger partial charge in [-0.1, -0.05) is 13.3 Å². The first-order chi connectivity index (χ1) is 11.3. The Balaban J connectivity index is 1.31. The molecule has 3 saturated carbocycles. The summed E-state index contributed by atoms with van der Waals surface area (Å²) in [7, 11) is 0. The topological polar surface area (TPSA) is 38.8 Å². The second-order valence-electron chi connectivity index (χ2n) is 8.10. The van der Waals surface area contributed by atoms with E-state index in [0.717, 1.165) is 56.0 Å². The Hall–Kier alpha value is -0.770. The summed E-state index contributed by atoms with van der Waals surface area (Å²) in [6.07, 6.45) is 10.8. The van der Waals surface area contributed by atoms with Crippen LogP contribution >= 0.6 is 0 Å². The summed E-state index contributed by atoms with van der Waals surface area (Å²) in [4.78, 5) is 14.2. The normalized spacial score (nSPS) is 40.2. The van der Waals surface area contributed by atoms with Crippen LogP contribution in [0.1, 0.15) is 64.7 Å². The van der Waals surface area contributed by atoms with E-state index in [2.05, 4.69) is 6.92 Å². The number of likely N-dealkylation sites (tertiary alicyclic amines) is 1. The molecule has 4 heteroatoms. The number of carbonyl (C=O) groups is 1. The van der Waals surface area contributed by atoms with Crippen LogP contribution in [0.2, 0.25) is 0 Å². The summed E-state index contributed by atoms with van der Waals surface area (Å²) >= 11 is 0. The van der Waals surface area contributed by atoms with Crippen molar-refractivity contribution >= 4 is 6.09 Å². The number of ether oxygens (including phenoxy) is 2. The second kappa shape index (κ2) is 6.62. The van der Waals surface area contributed by atoms with E-state index in [1.807, 2.05) is 4.90 Å². The van der Waals surface area contributed by atoms with Gasteiger partial charge in [-0.15, -0.1) is 0 Å². The Labute approximate surface area is 139 Å². The predicted molar refractivity (Wildman–Crippen MR) is 87.9 cm³/mol. The van der Waals surface area contributed by atoms with Crippen molar-refractivity contribution in [2.45, 2.75) is 77.1 Å². The highest BCUT2D eigenvalue weighted by molar-refractivity contribution is 5.67. The van der Waals surface area contributed by atoms with Gasteiger partial charge in [0, 0.05) is 19.5 Å². The van der Waals surface area contributed by atoms with Gasteiger partial charge in [0.2, 0.25) is 6.29 Å². The maximum Gasteiger partial charge on any atom is 0.412 e. The van der Waals surface area contributed by atoms with E-state index in [9.17, 15) is 4.79 Å². The minimum atomic E-state index is -0.353. The molecule has 1 saturated heterocycles. The van der Waals surface area contributed by atoms with Crippen LogP contribution in [0.25, 0.3) is 0 Å². The Morgan fingerprint density at radius 3 is 2.61 bits per heavy atom. The fourth-order valence-electron chi connectivity index (χ4n) is 5.83. The quantitative estimate of drug-likeness (QED) is 0.729. The molecule has 0 radical (unpaired) electrons. The average molecular weight is 321 g/mol. The number of carbonyl (C=O) groups excluding carboxylic acids is 1. The zero-order chi connectivity index (χ0) is 15.8. The summed E-state index contributed by atoms with van der Waals surface area (Å²) < 4.78 is 12.0. The third-order valence-corrected chi connectivity index (χ3v) is 6.87. The molecule has 23 heavy (non-hydrogen) atoms. The van der Waals surface area contributed by atoms with E-state index >= 15 is 0 Å². The van der Waals surface area contributed by atoms with Crippen molar-refractivity contribution in [3.8, 4) is 0 Å². The zero-order valence-corrected chi connectivity index (χ0v) is 14.4. The van der Waals surface area contributed by atoms with Gasteiger partial charge in [0.1, 0.15) is 0 Å². The average Bonchev–Trinajstić information content (AvgIpc) is 3.27. The number of hydrogen-bond donors (Lipinski definition) is 0. The van der Waals surface area contributed by atoms with E-state index in [-0.39, 0.29) is 12.4 Å². The molecular weight excluding hydrogens is 290 g/mol. The summed E-state index contributed by atoms with van der Waals surface area (Å²) in [6, 6.07) is 0. The van der Waals surface area contributed by atoms with Crippen LogP contribution in [-0.4, -0.2) is 36.5 Å². The van der Waals surface area contributed by atoms with Gasteiger partial charge in [-0.25, -0.2) is 4.79 Å². The highest BCUT2D eigenvalue weighted by Gasteiger charge is 2.54. The van der Waals surface area contributed by atoms with Crippen molar-refractivity contribution in [1.29, 1.82) is 0 Å². The van der Waals surface area contributed by atoms with Crippen molar-refractivity contribution in [3.05, 3.63) is 0 Å². The maximum absolute atomic E-state index is 12.3. The van der Waals surface area contributed by atoms with Crippen LogP contribution in [-0.2, 0) is 9.47 Å². The molecule has 1 aliphatic heterocycles. The van der Waals surface area contributed by atoms with E-state index < -0.39 is 0 Å². The highest BCUT2D eigenvalue weighted by Crippen LogP contribution is 2.59. The summed E-state index contributed by atoms with van der Waals surface area (Å²) in [5, 5.41) is 0. The Morgan fingerprint density at radius 1 is 1.04 bits per heavy atom. The van der Waals surface area contributed by atoms with Crippen LogP contribution in [0.4, 0.5) is 4.79 Å². The van der Waals surface area contributed by atoms with Crippen LogP contribution in [0.3, 0.4) is 0 Å². The van der Waals surface area contributed by atoms with Crippen LogP contribution in [0, 0.1) is 23.7 Å². The number of fused-ring (bicyclic) bond motifs is 5. The van der Waals surface area contributed by atoms with Crippen molar-refractivity contribution in [2.75, 3.05) is 13.1 Å². The molecule has 4 nitrogen and oxygen atoms in total. The first-order valence-electron chi connectivity index (χ1n) is 9.87. The van der Waals surface area contributed by atoms with E-state index in [0.29, 0.717) is 6.10 Å². The monoisotopic (exact) mass is 321 g/mol. The van der Waals surface area contributed by atoms with Gasteiger partial charge in [-0.2, -0.15) is 0 Å². The molecule has 0 N–H and O–H groups in total. The lowest BCUT2D eigenvalue weighted by Crippen LogP contribution is -2.40. The summed E-state index contributed by atoms with van der Waals surface area (Å²) in [5.41, 5.74) is 0. The molecule has 1 amide bonds.